The topological polar surface area (TPSA) is 47.9 Å². The molecule has 158 valence electrons. The molecule has 0 aliphatic carbocycles. The van der Waals surface area contributed by atoms with Gasteiger partial charge in [-0.3, -0.25) is 20.0 Å². The predicted molar refractivity (Wildman–Crippen MR) is 126 cm³/mol. The molecule has 5 heteroatoms. The number of hydrazone groups is 1. The van der Waals surface area contributed by atoms with Crippen LogP contribution in [0.3, 0.4) is 0 Å². The maximum absolute atomic E-state index is 13.1. The van der Waals surface area contributed by atoms with Gasteiger partial charge >= 0.3 is 0 Å². The lowest BCUT2D eigenvalue weighted by atomic mass is 10.1. The Morgan fingerprint density at radius 2 is 1.29 bits per heavy atom. The molecule has 0 saturated carbocycles. The summed E-state index contributed by atoms with van der Waals surface area (Å²) in [7, 11) is 0. The summed E-state index contributed by atoms with van der Waals surface area (Å²) in [5, 5.41) is 4.51. The van der Waals surface area contributed by atoms with Crippen LogP contribution in [0.15, 0.2) is 96.1 Å². The number of carbonyl (C=O) groups is 1. The van der Waals surface area contributed by atoms with E-state index >= 15 is 0 Å². The third-order valence-corrected chi connectivity index (χ3v) is 5.48. The van der Waals surface area contributed by atoms with Gasteiger partial charge in [0.05, 0.1) is 5.69 Å². The first-order chi connectivity index (χ1) is 15.3. The Kier molecular flexibility index (Phi) is 7.21. The number of carbonyl (C=O) groups excluding carboxylic acids is 1. The molecule has 0 amide bonds. The van der Waals surface area contributed by atoms with Crippen molar-refractivity contribution in [2.45, 2.75) is 6.54 Å². The average Bonchev–Trinajstić information content (AvgIpc) is 2.84. The van der Waals surface area contributed by atoms with E-state index in [9.17, 15) is 4.79 Å². The number of anilines is 1. The summed E-state index contributed by atoms with van der Waals surface area (Å²) in [6, 6.07) is 29.7. The molecule has 1 saturated heterocycles. The van der Waals surface area contributed by atoms with Crippen molar-refractivity contribution in [2.75, 3.05) is 38.1 Å². The highest BCUT2D eigenvalue weighted by Gasteiger charge is 2.22. The molecular formula is C26H28N4O. The minimum atomic E-state index is -0.0317. The molecule has 1 heterocycles. The van der Waals surface area contributed by atoms with Crippen LogP contribution in [-0.4, -0.2) is 54.0 Å². The van der Waals surface area contributed by atoms with Crippen LogP contribution in [0, 0.1) is 0 Å². The quantitative estimate of drug-likeness (QED) is 0.343. The van der Waals surface area contributed by atoms with Gasteiger partial charge in [-0.25, -0.2) is 0 Å². The van der Waals surface area contributed by atoms with Crippen LogP contribution in [0.25, 0.3) is 0 Å². The Bertz CT molecular complexity index is 982. The second kappa shape index (κ2) is 10.7. The zero-order chi connectivity index (χ0) is 21.3. The lowest BCUT2D eigenvalue weighted by Gasteiger charge is -2.34. The molecule has 3 aromatic rings. The van der Waals surface area contributed by atoms with E-state index in [1.54, 1.807) is 0 Å². The monoisotopic (exact) mass is 412 g/mol. The molecule has 0 unspecified atom stereocenters. The van der Waals surface area contributed by atoms with Gasteiger partial charge in [-0.2, -0.15) is 5.10 Å². The molecule has 1 aliphatic heterocycles. The van der Waals surface area contributed by atoms with Gasteiger partial charge < -0.3 is 0 Å². The second-order valence-corrected chi connectivity index (χ2v) is 7.77. The number of hydrogen-bond donors (Lipinski definition) is 1. The largest absolute Gasteiger partial charge is 0.297 e. The van der Waals surface area contributed by atoms with E-state index in [1.807, 2.05) is 60.7 Å². The first-order valence-corrected chi connectivity index (χ1v) is 10.7. The number of nitrogens with one attached hydrogen (secondary N) is 1. The maximum atomic E-state index is 13.1. The first-order valence-electron chi connectivity index (χ1n) is 10.7. The molecule has 1 fully saturated rings. The van der Waals surface area contributed by atoms with Crippen molar-refractivity contribution < 1.29 is 4.79 Å². The molecule has 0 radical (unpaired) electrons. The molecule has 0 aromatic heterocycles. The zero-order valence-corrected chi connectivity index (χ0v) is 17.7. The van der Waals surface area contributed by atoms with Crippen molar-refractivity contribution in [1.82, 2.24) is 9.80 Å². The summed E-state index contributed by atoms with van der Waals surface area (Å²) in [6.07, 6.45) is 0. The van der Waals surface area contributed by atoms with Gasteiger partial charge in [-0.15, -0.1) is 0 Å². The van der Waals surface area contributed by atoms with Gasteiger partial charge in [0.25, 0.3) is 0 Å². The van der Waals surface area contributed by atoms with Crippen molar-refractivity contribution >= 4 is 17.2 Å². The van der Waals surface area contributed by atoms with E-state index in [4.69, 9.17) is 0 Å². The molecule has 0 atom stereocenters. The lowest BCUT2D eigenvalue weighted by molar-refractivity contribution is 0.105. The van der Waals surface area contributed by atoms with Crippen LogP contribution in [-0.2, 0) is 6.54 Å². The standard InChI is InChI=1S/C26H28N4O/c31-26(23-12-6-2-7-13-23)25(28-27-24-14-8-3-9-15-24)21-30-18-16-29(17-19-30)20-22-10-4-1-5-11-22/h1-15,27H,16-21H2/b28-25+. The number of hydrogen-bond acceptors (Lipinski definition) is 5. The van der Waals surface area contributed by atoms with Crippen LogP contribution in [0.5, 0.6) is 0 Å². The number of benzene rings is 3. The Labute approximate surface area is 184 Å². The summed E-state index contributed by atoms with van der Waals surface area (Å²) in [5.74, 6) is -0.0317. The molecular weight excluding hydrogens is 384 g/mol. The van der Waals surface area contributed by atoms with E-state index in [2.05, 4.69) is 50.7 Å². The van der Waals surface area contributed by atoms with E-state index in [0.717, 1.165) is 38.4 Å². The summed E-state index contributed by atoms with van der Waals surface area (Å²) in [6.45, 7) is 5.29. The zero-order valence-electron chi connectivity index (χ0n) is 17.7. The van der Waals surface area contributed by atoms with Gasteiger partial charge in [0.2, 0.25) is 5.78 Å². The van der Waals surface area contributed by atoms with Crippen LogP contribution in [0.1, 0.15) is 15.9 Å². The highest BCUT2D eigenvalue weighted by atomic mass is 16.1. The Morgan fingerprint density at radius 3 is 1.94 bits per heavy atom. The highest BCUT2D eigenvalue weighted by molar-refractivity contribution is 6.46. The fourth-order valence-corrected chi connectivity index (χ4v) is 3.72. The van der Waals surface area contributed by atoms with Crippen molar-refractivity contribution in [3.8, 4) is 0 Å². The fourth-order valence-electron chi connectivity index (χ4n) is 3.72. The highest BCUT2D eigenvalue weighted by Crippen LogP contribution is 2.11. The second-order valence-electron chi connectivity index (χ2n) is 7.77. The molecule has 1 aliphatic rings. The number of para-hydroxylation sites is 1. The van der Waals surface area contributed by atoms with Crippen molar-refractivity contribution in [3.05, 3.63) is 102 Å². The van der Waals surface area contributed by atoms with Crippen molar-refractivity contribution in [1.29, 1.82) is 0 Å². The normalized spacial score (nSPS) is 15.5. The molecule has 1 N–H and O–H groups in total. The fraction of sp³-hybridized carbons (Fsp3) is 0.231. The van der Waals surface area contributed by atoms with Gasteiger partial charge in [-0.05, 0) is 17.7 Å². The van der Waals surface area contributed by atoms with Crippen molar-refractivity contribution in [3.63, 3.8) is 0 Å². The van der Waals surface area contributed by atoms with Gasteiger partial charge in [0, 0.05) is 44.8 Å². The lowest BCUT2D eigenvalue weighted by Crippen LogP contribution is -2.48. The predicted octanol–water partition coefficient (Wildman–Crippen LogP) is 4.16. The van der Waals surface area contributed by atoms with Crippen LogP contribution in [0.2, 0.25) is 0 Å². The van der Waals surface area contributed by atoms with E-state index in [-0.39, 0.29) is 5.78 Å². The minimum Gasteiger partial charge on any atom is -0.297 e. The SMILES string of the molecule is O=C(/C(CN1CCN(Cc2ccccc2)CC1)=N/Nc1ccccc1)c1ccccc1. The molecule has 5 nitrogen and oxygen atoms in total. The summed E-state index contributed by atoms with van der Waals surface area (Å²) >= 11 is 0. The van der Waals surface area contributed by atoms with Gasteiger partial charge in [0.1, 0.15) is 5.71 Å². The molecule has 31 heavy (non-hydrogen) atoms. The van der Waals surface area contributed by atoms with Crippen molar-refractivity contribution in [2.24, 2.45) is 5.10 Å². The summed E-state index contributed by atoms with van der Waals surface area (Å²) in [4.78, 5) is 17.9. The maximum Gasteiger partial charge on any atom is 0.210 e. The number of piperazine rings is 1. The van der Waals surface area contributed by atoms with E-state index < -0.39 is 0 Å². The third-order valence-electron chi connectivity index (χ3n) is 5.48. The van der Waals surface area contributed by atoms with Gasteiger partial charge in [0.15, 0.2) is 0 Å². The average molecular weight is 413 g/mol. The Morgan fingerprint density at radius 1 is 0.742 bits per heavy atom. The molecule has 0 bridgehead atoms. The molecule has 3 aromatic carbocycles. The number of nitrogens with zero attached hydrogens (tertiary/aromatic N) is 3. The van der Waals surface area contributed by atoms with E-state index in [1.165, 1.54) is 5.56 Å². The molecule has 0 spiro atoms. The van der Waals surface area contributed by atoms with E-state index in [0.29, 0.717) is 17.8 Å². The first kappa shape index (κ1) is 21.0. The van der Waals surface area contributed by atoms with Crippen LogP contribution >= 0.6 is 0 Å². The number of Topliss-reactive ketones (excluding diaryl/α,β-unsaturated/α-hetero) is 1. The third kappa shape index (κ3) is 6.10. The number of rotatable bonds is 8. The summed E-state index contributed by atoms with van der Waals surface area (Å²) in [5.41, 5.74) is 6.46. The molecule has 4 rings (SSSR count). The minimum absolute atomic E-state index is 0.0317. The Balaban J connectivity index is 1.40. The number of ketones is 1. The Hall–Kier alpha value is -3.28. The summed E-state index contributed by atoms with van der Waals surface area (Å²) < 4.78 is 0. The smallest absolute Gasteiger partial charge is 0.210 e. The van der Waals surface area contributed by atoms with Crippen LogP contribution in [0.4, 0.5) is 5.69 Å². The van der Waals surface area contributed by atoms with Crippen LogP contribution < -0.4 is 5.43 Å². The van der Waals surface area contributed by atoms with Gasteiger partial charge in [-0.1, -0.05) is 78.9 Å².